The lowest BCUT2D eigenvalue weighted by Crippen LogP contribution is -2.50. The van der Waals surface area contributed by atoms with E-state index in [0.29, 0.717) is 13.2 Å². The minimum Gasteiger partial charge on any atom is -0.379 e. The molecule has 2 aromatic rings. The van der Waals surface area contributed by atoms with Crippen molar-refractivity contribution in [1.29, 1.82) is 0 Å². The smallest absolute Gasteiger partial charge is 0.255 e. The second-order valence-corrected chi connectivity index (χ2v) is 12.9. The van der Waals surface area contributed by atoms with E-state index >= 15 is 0 Å². The number of carbonyl (C=O) groups is 1. The number of hydrogen-bond acceptors (Lipinski definition) is 7. The Hall–Kier alpha value is -1.83. The maximum atomic E-state index is 13.2. The number of rotatable bonds is 5. The van der Waals surface area contributed by atoms with Crippen LogP contribution in [-0.2, 0) is 24.8 Å². The monoisotopic (exact) mass is 499 g/mol. The number of piperazine rings is 1. The first-order chi connectivity index (χ1) is 15.2. The number of amides is 1. The Kier molecular flexibility index (Phi) is 6.71. The van der Waals surface area contributed by atoms with Gasteiger partial charge in [-0.1, -0.05) is 12.1 Å². The SMILES string of the molecule is Cc1ccc(S(=O)(=O)N2CCN(C(=O)c3ccccc3S(=O)(=O)N3CCOCC3)CC2)s1. The first-order valence-electron chi connectivity index (χ1n) is 10.2. The molecule has 12 heteroatoms. The molecule has 0 saturated carbocycles. The Balaban J connectivity index is 1.51. The van der Waals surface area contributed by atoms with E-state index in [-0.39, 0.29) is 53.9 Å². The fourth-order valence-corrected chi connectivity index (χ4v) is 8.23. The van der Waals surface area contributed by atoms with Gasteiger partial charge in [0.15, 0.2) is 0 Å². The van der Waals surface area contributed by atoms with Gasteiger partial charge in [-0.3, -0.25) is 4.79 Å². The van der Waals surface area contributed by atoms with Crippen molar-refractivity contribution in [3.63, 3.8) is 0 Å². The van der Waals surface area contributed by atoms with E-state index in [1.807, 2.05) is 6.92 Å². The van der Waals surface area contributed by atoms with Gasteiger partial charge in [0.2, 0.25) is 10.0 Å². The van der Waals surface area contributed by atoms with Gasteiger partial charge in [0.25, 0.3) is 15.9 Å². The first-order valence-corrected chi connectivity index (χ1v) is 13.9. The number of ether oxygens (including phenoxy) is 1. The molecule has 0 aliphatic carbocycles. The predicted molar refractivity (Wildman–Crippen MR) is 120 cm³/mol. The van der Waals surface area contributed by atoms with Crippen molar-refractivity contribution < 1.29 is 26.4 Å². The molecule has 4 rings (SSSR count). The molecular formula is C20H25N3O6S3. The average Bonchev–Trinajstić information content (AvgIpc) is 3.26. The van der Waals surface area contributed by atoms with Gasteiger partial charge in [0, 0.05) is 44.1 Å². The van der Waals surface area contributed by atoms with E-state index in [2.05, 4.69) is 0 Å². The maximum absolute atomic E-state index is 13.2. The van der Waals surface area contributed by atoms with Crippen molar-refractivity contribution in [2.24, 2.45) is 0 Å². The van der Waals surface area contributed by atoms with Gasteiger partial charge in [0.05, 0.1) is 23.7 Å². The molecule has 1 aromatic carbocycles. The molecule has 2 saturated heterocycles. The molecule has 0 spiro atoms. The average molecular weight is 500 g/mol. The zero-order valence-corrected chi connectivity index (χ0v) is 20.1. The summed E-state index contributed by atoms with van der Waals surface area (Å²) in [4.78, 5) is 15.6. The molecule has 2 aliphatic rings. The summed E-state index contributed by atoms with van der Waals surface area (Å²) in [5.41, 5.74) is 0.101. The summed E-state index contributed by atoms with van der Waals surface area (Å²) in [7, 11) is -7.44. The first kappa shape index (κ1) is 23.3. The summed E-state index contributed by atoms with van der Waals surface area (Å²) in [6.45, 7) is 3.65. The molecule has 174 valence electrons. The van der Waals surface area contributed by atoms with Crippen molar-refractivity contribution in [3.8, 4) is 0 Å². The van der Waals surface area contributed by atoms with Crippen LogP contribution in [0.3, 0.4) is 0 Å². The van der Waals surface area contributed by atoms with E-state index < -0.39 is 26.0 Å². The molecule has 0 bridgehead atoms. The van der Waals surface area contributed by atoms with E-state index in [4.69, 9.17) is 4.74 Å². The van der Waals surface area contributed by atoms with Gasteiger partial charge >= 0.3 is 0 Å². The van der Waals surface area contributed by atoms with Crippen LogP contribution in [0.5, 0.6) is 0 Å². The van der Waals surface area contributed by atoms with Crippen LogP contribution in [0.15, 0.2) is 45.5 Å². The van der Waals surface area contributed by atoms with Gasteiger partial charge < -0.3 is 9.64 Å². The van der Waals surface area contributed by atoms with Gasteiger partial charge in [-0.05, 0) is 31.2 Å². The fourth-order valence-electron chi connectivity index (χ4n) is 3.77. The summed E-state index contributed by atoms with van der Waals surface area (Å²) in [6.07, 6.45) is 0. The van der Waals surface area contributed by atoms with Crippen molar-refractivity contribution in [3.05, 3.63) is 46.8 Å². The summed E-state index contributed by atoms with van der Waals surface area (Å²) in [6, 6.07) is 9.54. The topological polar surface area (TPSA) is 104 Å². The predicted octanol–water partition coefficient (Wildman–Crippen LogP) is 1.22. The largest absolute Gasteiger partial charge is 0.379 e. The Morgan fingerprint density at radius 2 is 1.47 bits per heavy atom. The molecule has 0 N–H and O–H groups in total. The van der Waals surface area contributed by atoms with Crippen molar-refractivity contribution >= 4 is 37.3 Å². The third-order valence-electron chi connectivity index (χ3n) is 5.54. The van der Waals surface area contributed by atoms with Crippen molar-refractivity contribution in [2.75, 3.05) is 52.5 Å². The molecule has 3 heterocycles. The highest BCUT2D eigenvalue weighted by Gasteiger charge is 2.34. The molecule has 0 atom stereocenters. The highest BCUT2D eigenvalue weighted by Crippen LogP contribution is 2.26. The van der Waals surface area contributed by atoms with Crippen LogP contribution in [0.2, 0.25) is 0 Å². The van der Waals surface area contributed by atoms with Crippen molar-refractivity contribution in [2.45, 2.75) is 16.0 Å². The fraction of sp³-hybridized carbons (Fsp3) is 0.450. The number of benzene rings is 1. The lowest BCUT2D eigenvalue weighted by atomic mass is 10.2. The number of hydrogen-bond donors (Lipinski definition) is 0. The third kappa shape index (κ3) is 4.47. The number of thiophene rings is 1. The van der Waals surface area contributed by atoms with E-state index in [9.17, 15) is 21.6 Å². The highest BCUT2D eigenvalue weighted by atomic mass is 32.2. The van der Waals surface area contributed by atoms with Crippen LogP contribution in [-0.4, -0.2) is 88.7 Å². The Morgan fingerprint density at radius 1 is 0.844 bits per heavy atom. The highest BCUT2D eigenvalue weighted by molar-refractivity contribution is 7.91. The van der Waals surface area contributed by atoms with E-state index in [1.54, 1.807) is 24.3 Å². The number of morpholine rings is 1. The van der Waals surface area contributed by atoms with E-state index in [0.717, 1.165) is 4.88 Å². The standard InChI is InChI=1S/C20H25N3O6S3/c1-16-6-7-19(30-16)32(27,28)22-10-8-21(9-11-22)20(24)17-4-2-3-5-18(17)31(25,26)23-12-14-29-15-13-23/h2-7H,8-15H2,1H3. The van der Waals surface area contributed by atoms with Crippen molar-refractivity contribution in [1.82, 2.24) is 13.5 Å². The van der Waals surface area contributed by atoms with Crippen LogP contribution < -0.4 is 0 Å². The van der Waals surface area contributed by atoms with Crippen LogP contribution in [0.4, 0.5) is 0 Å². The van der Waals surface area contributed by atoms with E-state index in [1.165, 1.54) is 37.0 Å². The Morgan fingerprint density at radius 3 is 2.09 bits per heavy atom. The van der Waals surface area contributed by atoms with Crippen LogP contribution in [0.25, 0.3) is 0 Å². The summed E-state index contributed by atoms with van der Waals surface area (Å²) < 4.78 is 60.2. The molecule has 0 unspecified atom stereocenters. The van der Waals surface area contributed by atoms with Gasteiger partial charge in [-0.2, -0.15) is 8.61 Å². The zero-order chi connectivity index (χ0) is 22.9. The van der Waals surface area contributed by atoms with Crippen LogP contribution in [0.1, 0.15) is 15.2 Å². The number of nitrogens with zero attached hydrogens (tertiary/aromatic N) is 3. The molecule has 1 aromatic heterocycles. The molecule has 2 aliphatic heterocycles. The quantitative estimate of drug-likeness (QED) is 0.613. The molecule has 0 radical (unpaired) electrons. The maximum Gasteiger partial charge on any atom is 0.255 e. The summed E-state index contributed by atoms with van der Waals surface area (Å²) in [5, 5.41) is 0. The zero-order valence-electron chi connectivity index (χ0n) is 17.6. The van der Waals surface area contributed by atoms with Gasteiger partial charge in [-0.25, -0.2) is 16.8 Å². The normalized spacial score (nSPS) is 19.2. The summed E-state index contributed by atoms with van der Waals surface area (Å²) in [5.74, 6) is -0.415. The van der Waals surface area contributed by atoms with Gasteiger partial charge in [0.1, 0.15) is 4.21 Å². The molecule has 32 heavy (non-hydrogen) atoms. The summed E-state index contributed by atoms with van der Waals surface area (Å²) >= 11 is 1.22. The Labute approximate surface area is 192 Å². The molecule has 9 nitrogen and oxygen atoms in total. The number of carbonyl (C=O) groups excluding carboxylic acids is 1. The van der Waals surface area contributed by atoms with Crippen LogP contribution >= 0.6 is 11.3 Å². The minimum atomic E-state index is -3.84. The number of aryl methyl sites for hydroxylation is 1. The van der Waals surface area contributed by atoms with Crippen LogP contribution in [0, 0.1) is 6.92 Å². The molecule has 2 fully saturated rings. The second-order valence-electron chi connectivity index (χ2n) is 7.57. The lowest BCUT2D eigenvalue weighted by Gasteiger charge is -2.34. The lowest BCUT2D eigenvalue weighted by molar-refractivity contribution is 0.0690. The van der Waals surface area contributed by atoms with Gasteiger partial charge in [-0.15, -0.1) is 11.3 Å². The second kappa shape index (κ2) is 9.20. The number of sulfonamides is 2. The molecular weight excluding hydrogens is 474 g/mol. The third-order valence-corrected chi connectivity index (χ3v) is 10.9. The minimum absolute atomic E-state index is 0.0315. The Bertz CT molecular complexity index is 1190. The molecule has 1 amide bonds.